The lowest BCUT2D eigenvalue weighted by Crippen LogP contribution is -2.14. The molecule has 3 aromatic rings. The van der Waals surface area contributed by atoms with E-state index in [-0.39, 0.29) is 46.1 Å². The topological polar surface area (TPSA) is 164 Å². The van der Waals surface area contributed by atoms with Gasteiger partial charge in [0.1, 0.15) is 17.1 Å². The van der Waals surface area contributed by atoms with E-state index >= 15 is 0 Å². The molecule has 0 bridgehead atoms. The first-order valence-electron chi connectivity index (χ1n) is 9.23. The van der Waals surface area contributed by atoms with E-state index in [9.17, 15) is 30.0 Å². The molecule has 13 heteroatoms. The first-order valence-corrected chi connectivity index (χ1v) is 11.5. The molecular formula is C20H20N2O9S2. The molecule has 0 spiro atoms. The highest BCUT2D eigenvalue weighted by Gasteiger charge is 2.26. The van der Waals surface area contributed by atoms with Crippen LogP contribution in [0.1, 0.15) is 0 Å². The summed E-state index contributed by atoms with van der Waals surface area (Å²) in [4.78, 5) is 23.0. The number of esters is 1. The maximum absolute atomic E-state index is 12.4. The van der Waals surface area contributed by atoms with Gasteiger partial charge in [-0.25, -0.2) is 9.13 Å². The van der Waals surface area contributed by atoms with Gasteiger partial charge in [0.25, 0.3) is 0 Å². The quantitative estimate of drug-likeness (QED) is 0.121. The number of ether oxygens (including phenoxy) is 2. The maximum atomic E-state index is 12.4. The van der Waals surface area contributed by atoms with Crippen molar-refractivity contribution in [3.63, 3.8) is 0 Å². The first-order chi connectivity index (χ1) is 15.7. The average Bonchev–Trinajstić information content (AvgIpc) is 3.27. The second kappa shape index (κ2) is 10.4. The van der Waals surface area contributed by atoms with Crippen molar-refractivity contribution in [3.05, 3.63) is 36.4 Å². The van der Waals surface area contributed by atoms with Crippen LogP contribution in [0.2, 0.25) is 0 Å². The number of aromatic hydroxyl groups is 4. The number of hydrogen-bond acceptors (Lipinski definition) is 10. The summed E-state index contributed by atoms with van der Waals surface area (Å²) >= 11 is 2.29. The van der Waals surface area contributed by atoms with Crippen molar-refractivity contribution in [1.82, 2.24) is 9.13 Å². The van der Waals surface area contributed by atoms with E-state index in [0.29, 0.717) is 5.08 Å². The van der Waals surface area contributed by atoms with Crippen LogP contribution in [0, 0.1) is 0 Å². The number of rotatable bonds is 10. The molecule has 0 amide bonds. The molecule has 2 heterocycles. The summed E-state index contributed by atoms with van der Waals surface area (Å²) in [6.45, 7) is 0. The van der Waals surface area contributed by atoms with Gasteiger partial charge in [0, 0.05) is 29.4 Å². The minimum absolute atomic E-state index is 0.0192. The molecule has 5 N–H and O–H groups in total. The van der Waals surface area contributed by atoms with E-state index in [1.54, 1.807) is 0 Å². The molecule has 1 aromatic carbocycles. The fraction of sp³-hybridized carbons (Fsp3) is 0.200. The Kier molecular flexibility index (Phi) is 7.55. The van der Waals surface area contributed by atoms with E-state index in [4.69, 9.17) is 14.6 Å². The highest BCUT2D eigenvalue weighted by Crippen LogP contribution is 2.44. The van der Waals surface area contributed by atoms with E-state index in [2.05, 4.69) is 0 Å². The van der Waals surface area contributed by atoms with Crippen LogP contribution in [-0.4, -0.2) is 70.3 Å². The number of nitrogens with zero attached hydrogens (tertiary/aromatic N) is 2. The fourth-order valence-corrected chi connectivity index (χ4v) is 4.51. The van der Waals surface area contributed by atoms with Crippen LogP contribution in [0.15, 0.2) is 36.4 Å². The van der Waals surface area contributed by atoms with Crippen LogP contribution in [0.5, 0.6) is 35.0 Å². The van der Waals surface area contributed by atoms with Crippen LogP contribution >= 0.6 is 23.5 Å². The van der Waals surface area contributed by atoms with E-state index < -0.39 is 23.7 Å². The van der Waals surface area contributed by atoms with Crippen molar-refractivity contribution in [2.75, 3.05) is 23.7 Å². The molecule has 0 aliphatic heterocycles. The van der Waals surface area contributed by atoms with Crippen molar-refractivity contribution in [2.24, 2.45) is 0 Å². The van der Waals surface area contributed by atoms with Crippen molar-refractivity contribution in [1.29, 1.82) is 0 Å². The van der Waals surface area contributed by atoms with Crippen molar-refractivity contribution >= 4 is 35.5 Å². The Morgan fingerprint density at radius 2 is 1.24 bits per heavy atom. The van der Waals surface area contributed by atoms with Gasteiger partial charge >= 0.3 is 11.9 Å². The summed E-state index contributed by atoms with van der Waals surface area (Å²) in [7, 11) is 1.34. The Bertz CT molecular complexity index is 1130. The number of carboxylic acid groups (broad SMARTS) is 1. The SMILES string of the molecule is COc1ccc(OC(=O)CSCSCC(=O)O)c(-n2c(O)ccc2O)c1-n1c(O)ccc1O. The molecule has 2 aromatic heterocycles. The van der Waals surface area contributed by atoms with Gasteiger partial charge in [-0.15, -0.1) is 23.5 Å². The molecule has 33 heavy (non-hydrogen) atoms. The summed E-state index contributed by atoms with van der Waals surface area (Å²) < 4.78 is 12.8. The smallest absolute Gasteiger partial charge is 0.321 e. The second-order valence-electron chi connectivity index (χ2n) is 6.42. The predicted molar refractivity (Wildman–Crippen MR) is 121 cm³/mol. The number of carbonyl (C=O) groups excluding carboxylic acids is 1. The van der Waals surface area contributed by atoms with Gasteiger partial charge in [0.15, 0.2) is 29.3 Å². The van der Waals surface area contributed by atoms with Crippen LogP contribution in [0.25, 0.3) is 11.4 Å². The number of hydrogen-bond donors (Lipinski definition) is 5. The van der Waals surface area contributed by atoms with Gasteiger partial charge in [0.05, 0.1) is 18.6 Å². The standard InChI is InChI=1S/C20H20N2O9S2/c1-30-11-2-3-12(31-18(29)9-33-10-32-8-17(27)28)20(22-15(25)6-7-16(22)26)19(11)21-13(23)4-5-14(21)24/h2-7,23-26H,8-10H2,1H3,(H,27,28). The zero-order valence-electron chi connectivity index (χ0n) is 17.2. The number of aliphatic carboxylic acids is 1. The lowest BCUT2D eigenvalue weighted by molar-refractivity contribution is -0.134. The summed E-state index contributed by atoms with van der Waals surface area (Å²) in [6.07, 6.45) is 0. The maximum Gasteiger partial charge on any atom is 0.321 e. The number of carboxylic acids is 1. The molecule has 0 aliphatic carbocycles. The van der Waals surface area contributed by atoms with Gasteiger partial charge < -0.3 is 35.0 Å². The Balaban J connectivity index is 2.04. The van der Waals surface area contributed by atoms with Crippen LogP contribution in [0.3, 0.4) is 0 Å². The molecule has 0 saturated carbocycles. The van der Waals surface area contributed by atoms with Gasteiger partial charge in [-0.05, 0) is 12.1 Å². The molecule has 0 saturated heterocycles. The lowest BCUT2D eigenvalue weighted by atomic mass is 10.2. The van der Waals surface area contributed by atoms with E-state index in [0.717, 1.165) is 32.7 Å². The molecule has 0 fully saturated rings. The number of aromatic nitrogens is 2. The third-order valence-electron chi connectivity index (χ3n) is 4.26. The minimum Gasteiger partial charge on any atom is -0.494 e. The van der Waals surface area contributed by atoms with E-state index in [1.807, 2.05) is 0 Å². The predicted octanol–water partition coefficient (Wildman–Crippen LogP) is 2.51. The zero-order valence-corrected chi connectivity index (χ0v) is 18.8. The monoisotopic (exact) mass is 496 g/mol. The molecule has 0 radical (unpaired) electrons. The molecule has 0 atom stereocenters. The Morgan fingerprint density at radius 3 is 1.73 bits per heavy atom. The van der Waals surface area contributed by atoms with Crippen LogP contribution in [0.4, 0.5) is 0 Å². The molecule has 3 rings (SSSR count). The third kappa shape index (κ3) is 5.26. The normalized spacial score (nSPS) is 10.8. The third-order valence-corrected chi connectivity index (χ3v) is 6.48. The number of carbonyl (C=O) groups is 2. The highest BCUT2D eigenvalue weighted by molar-refractivity contribution is 8.16. The van der Waals surface area contributed by atoms with Crippen LogP contribution in [-0.2, 0) is 9.59 Å². The zero-order chi connectivity index (χ0) is 24.1. The minimum atomic E-state index is -0.957. The Labute approximate surface area is 195 Å². The largest absolute Gasteiger partial charge is 0.494 e. The molecule has 0 aliphatic rings. The summed E-state index contributed by atoms with van der Waals surface area (Å²) in [5, 5.41) is 50.3. The Hall–Kier alpha value is -3.58. The summed E-state index contributed by atoms with van der Waals surface area (Å²) in [6, 6.07) is 7.64. The van der Waals surface area contributed by atoms with Gasteiger partial charge in [-0.3, -0.25) is 9.59 Å². The Morgan fingerprint density at radius 1 is 0.788 bits per heavy atom. The summed E-state index contributed by atoms with van der Waals surface area (Å²) in [5.74, 6) is -3.40. The van der Waals surface area contributed by atoms with Gasteiger partial charge in [-0.2, -0.15) is 0 Å². The van der Waals surface area contributed by atoms with Gasteiger partial charge in [-0.1, -0.05) is 0 Å². The molecule has 11 nitrogen and oxygen atoms in total. The van der Waals surface area contributed by atoms with Crippen LogP contribution < -0.4 is 9.47 Å². The van der Waals surface area contributed by atoms with Crippen molar-refractivity contribution < 1.29 is 44.6 Å². The second-order valence-corrected chi connectivity index (χ2v) is 8.75. The van der Waals surface area contributed by atoms with Gasteiger partial charge in [0.2, 0.25) is 0 Å². The molecular weight excluding hydrogens is 476 g/mol. The molecule has 0 unspecified atom stereocenters. The average molecular weight is 497 g/mol. The summed E-state index contributed by atoms with van der Waals surface area (Å²) in [5.41, 5.74) is -0.107. The van der Waals surface area contributed by atoms with E-state index in [1.165, 1.54) is 43.5 Å². The lowest BCUT2D eigenvalue weighted by Gasteiger charge is -2.21. The fourth-order valence-electron chi connectivity index (χ4n) is 2.98. The number of methoxy groups -OCH3 is 1. The number of benzene rings is 1. The highest BCUT2D eigenvalue weighted by atomic mass is 32.2. The number of thioether (sulfide) groups is 2. The first kappa shape index (κ1) is 24.1. The van der Waals surface area contributed by atoms with Crippen molar-refractivity contribution in [2.45, 2.75) is 0 Å². The van der Waals surface area contributed by atoms with Crippen molar-refractivity contribution in [3.8, 4) is 46.4 Å². The molecule has 176 valence electrons.